The summed E-state index contributed by atoms with van der Waals surface area (Å²) in [5.74, 6) is 0.776. The Morgan fingerprint density at radius 1 is 1.24 bits per heavy atom. The monoisotopic (exact) mass is 306 g/mol. The molecule has 0 saturated heterocycles. The fourth-order valence-corrected chi connectivity index (χ4v) is 2.24. The van der Waals surface area contributed by atoms with Crippen molar-refractivity contribution in [2.45, 2.75) is 13.1 Å². The molecule has 0 heterocycles. The number of nitro groups is 1. The molecule has 1 N–H and O–H groups in total. The summed E-state index contributed by atoms with van der Waals surface area (Å²) in [6.07, 6.45) is 0. The van der Waals surface area contributed by atoms with E-state index < -0.39 is 4.92 Å². The van der Waals surface area contributed by atoms with Gasteiger partial charge in [0, 0.05) is 19.2 Å². The summed E-state index contributed by atoms with van der Waals surface area (Å²) >= 11 is 6.04. The van der Waals surface area contributed by atoms with Crippen LogP contribution in [0, 0.1) is 10.1 Å². The van der Waals surface area contributed by atoms with Crippen LogP contribution in [0.1, 0.15) is 11.1 Å². The van der Waals surface area contributed by atoms with Crippen LogP contribution in [0.5, 0.6) is 5.75 Å². The fraction of sp³-hybridized carbons (Fsp3) is 0.200. The van der Waals surface area contributed by atoms with E-state index in [2.05, 4.69) is 5.32 Å². The zero-order chi connectivity index (χ0) is 15.2. The first-order valence-electron chi connectivity index (χ1n) is 6.37. The van der Waals surface area contributed by atoms with E-state index in [-0.39, 0.29) is 5.69 Å². The Labute approximate surface area is 127 Å². The van der Waals surface area contributed by atoms with Gasteiger partial charge in [-0.1, -0.05) is 29.8 Å². The van der Waals surface area contributed by atoms with Crippen LogP contribution in [0.3, 0.4) is 0 Å². The number of rotatable bonds is 6. The number of halogens is 1. The summed E-state index contributed by atoms with van der Waals surface area (Å²) in [4.78, 5) is 10.6. The van der Waals surface area contributed by atoms with Crippen molar-refractivity contribution in [3.8, 4) is 5.75 Å². The van der Waals surface area contributed by atoms with E-state index in [0.717, 1.165) is 11.3 Å². The Bertz CT molecular complexity index is 647. The molecule has 0 bridgehead atoms. The SMILES string of the molecule is COc1cccc(CNCc2c(Cl)cccc2[N+](=O)[O-])c1. The molecule has 0 spiro atoms. The van der Waals surface area contributed by atoms with Gasteiger partial charge in [0.25, 0.3) is 5.69 Å². The van der Waals surface area contributed by atoms with Gasteiger partial charge in [0.2, 0.25) is 0 Å². The topological polar surface area (TPSA) is 64.4 Å². The molecule has 6 heteroatoms. The van der Waals surface area contributed by atoms with Crippen molar-refractivity contribution in [1.82, 2.24) is 5.32 Å². The first kappa shape index (κ1) is 15.3. The summed E-state index contributed by atoms with van der Waals surface area (Å²) in [7, 11) is 1.61. The molecule has 0 atom stereocenters. The fourth-order valence-electron chi connectivity index (χ4n) is 2.01. The maximum atomic E-state index is 11.0. The summed E-state index contributed by atoms with van der Waals surface area (Å²) in [6, 6.07) is 12.3. The van der Waals surface area contributed by atoms with Crippen molar-refractivity contribution >= 4 is 17.3 Å². The minimum Gasteiger partial charge on any atom is -0.497 e. The molecular weight excluding hydrogens is 292 g/mol. The van der Waals surface area contributed by atoms with E-state index in [9.17, 15) is 10.1 Å². The van der Waals surface area contributed by atoms with Gasteiger partial charge < -0.3 is 10.1 Å². The van der Waals surface area contributed by atoms with Crippen molar-refractivity contribution < 1.29 is 9.66 Å². The molecule has 2 rings (SSSR count). The number of ether oxygens (including phenoxy) is 1. The smallest absolute Gasteiger partial charge is 0.275 e. The van der Waals surface area contributed by atoms with Crippen molar-refractivity contribution in [2.75, 3.05) is 7.11 Å². The molecule has 110 valence electrons. The standard InChI is InChI=1S/C15H15ClN2O3/c1-21-12-5-2-4-11(8-12)9-17-10-13-14(16)6-3-7-15(13)18(19)20/h2-8,17H,9-10H2,1H3. The van der Waals surface area contributed by atoms with E-state index >= 15 is 0 Å². The number of nitrogens with zero attached hydrogens (tertiary/aromatic N) is 1. The zero-order valence-electron chi connectivity index (χ0n) is 11.5. The lowest BCUT2D eigenvalue weighted by Gasteiger charge is -2.08. The molecule has 0 aliphatic carbocycles. The lowest BCUT2D eigenvalue weighted by Crippen LogP contribution is -2.14. The van der Waals surface area contributed by atoms with Crippen LogP contribution in [0.15, 0.2) is 42.5 Å². The van der Waals surface area contributed by atoms with E-state index in [4.69, 9.17) is 16.3 Å². The highest BCUT2D eigenvalue weighted by molar-refractivity contribution is 6.31. The number of nitrogens with one attached hydrogen (secondary N) is 1. The third-order valence-corrected chi connectivity index (χ3v) is 3.41. The second kappa shape index (κ2) is 7.06. The molecule has 0 aromatic heterocycles. The van der Waals surface area contributed by atoms with Crippen molar-refractivity contribution in [1.29, 1.82) is 0 Å². The maximum Gasteiger partial charge on any atom is 0.275 e. The van der Waals surface area contributed by atoms with Crippen LogP contribution in [0.25, 0.3) is 0 Å². The molecule has 0 aliphatic heterocycles. The first-order valence-corrected chi connectivity index (χ1v) is 6.75. The van der Waals surface area contributed by atoms with Gasteiger partial charge in [0.05, 0.1) is 22.6 Å². The van der Waals surface area contributed by atoms with Crippen LogP contribution >= 0.6 is 11.6 Å². The highest BCUT2D eigenvalue weighted by Crippen LogP contribution is 2.26. The van der Waals surface area contributed by atoms with E-state index in [1.165, 1.54) is 6.07 Å². The Hall–Kier alpha value is -2.11. The van der Waals surface area contributed by atoms with Gasteiger partial charge in [-0.2, -0.15) is 0 Å². The molecule has 0 aliphatic rings. The lowest BCUT2D eigenvalue weighted by molar-refractivity contribution is -0.385. The van der Waals surface area contributed by atoms with Crippen LogP contribution in [0.4, 0.5) is 5.69 Å². The van der Waals surface area contributed by atoms with Gasteiger partial charge in [-0.3, -0.25) is 10.1 Å². The summed E-state index contributed by atoms with van der Waals surface area (Å²) < 4.78 is 5.15. The molecule has 2 aromatic carbocycles. The molecule has 0 amide bonds. The average Bonchev–Trinajstić information content (AvgIpc) is 2.49. The summed E-state index contributed by atoms with van der Waals surface area (Å²) in [5.41, 5.74) is 1.55. The van der Waals surface area contributed by atoms with Crippen molar-refractivity contribution in [2.24, 2.45) is 0 Å². The Morgan fingerprint density at radius 3 is 2.71 bits per heavy atom. The second-order valence-electron chi connectivity index (χ2n) is 4.45. The van der Waals surface area contributed by atoms with Gasteiger partial charge in [-0.15, -0.1) is 0 Å². The average molecular weight is 307 g/mol. The Balaban J connectivity index is 2.05. The molecular formula is C15H15ClN2O3. The number of hydrogen-bond acceptors (Lipinski definition) is 4. The molecule has 2 aromatic rings. The largest absolute Gasteiger partial charge is 0.497 e. The van der Waals surface area contributed by atoms with Gasteiger partial charge in [-0.25, -0.2) is 0 Å². The second-order valence-corrected chi connectivity index (χ2v) is 4.86. The summed E-state index contributed by atoms with van der Waals surface area (Å²) in [5, 5.41) is 14.5. The first-order chi connectivity index (χ1) is 10.1. The van der Waals surface area contributed by atoms with E-state index in [0.29, 0.717) is 23.7 Å². The highest BCUT2D eigenvalue weighted by atomic mass is 35.5. The number of nitro benzene ring substituents is 1. The zero-order valence-corrected chi connectivity index (χ0v) is 12.3. The molecule has 0 radical (unpaired) electrons. The minimum atomic E-state index is -0.422. The molecule has 21 heavy (non-hydrogen) atoms. The molecule has 0 unspecified atom stereocenters. The van der Waals surface area contributed by atoms with E-state index in [1.54, 1.807) is 19.2 Å². The predicted molar refractivity (Wildman–Crippen MR) is 81.6 cm³/mol. The summed E-state index contributed by atoms with van der Waals surface area (Å²) in [6.45, 7) is 0.896. The Morgan fingerprint density at radius 2 is 2.00 bits per heavy atom. The van der Waals surface area contributed by atoms with Crippen molar-refractivity contribution in [3.63, 3.8) is 0 Å². The molecule has 0 saturated carbocycles. The van der Waals surface area contributed by atoms with Gasteiger partial charge in [-0.05, 0) is 23.8 Å². The number of benzene rings is 2. The maximum absolute atomic E-state index is 11.0. The van der Waals surface area contributed by atoms with Crippen LogP contribution < -0.4 is 10.1 Å². The predicted octanol–water partition coefficient (Wildman–Crippen LogP) is 3.55. The third kappa shape index (κ3) is 3.93. The number of methoxy groups -OCH3 is 1. The highest BCUT2D eigenvalue weighted by Gasteiger charge is 2.15. The molecule has 5 nitrogen and oxygen atoms in total. The number of hydrogen-bond donors (Lipinski definition) is 1. The van der Waals surface area contributed by atoms with Crippen LogP contribution in [-0.4, -0.2) is 12.0 Å². The normalized spacial score (nSPS) is 10.4. The van der Waals surface area contributed by atoms with Gasteiger partial charge in [0.15, 0.2) is 0 Å². The lowest BCUT2D eigenvalue weighted by atomic mass is 10.1. The third-order valence-electron chi connectivity index (χ3n) is 3.06. The molecule has 0 fully saturated rings. The van der Waals surface area contributed by atoms with E-state index in [1.807, 2.05) is 24.3 Å². The minimum absolute atomic E-state index is 0.0284. The van der Waals surface area contributed by atoms with Gasteiger partial charge >= 0.3 is 0 Å². The Kier molecular flexibility index (Phi) is 5.14. The van der Waals surface area contributed by atoms with Crippen molar-refractivity contribution in [3.05, 3.63) is 68.7 Å². The van der Waals surface area contributed by atoms with Crippen LogP contribution in [-0.2, 0) is 13.1 Å². The van der Waals surface area contributed by atoms with Crippen LogP contribution in [0.2, 0.25) is 5.02 Å². The van der Waals surface area contributed by atoms with Gasteiger partial charge in [0.1, 0.15) is 5.75 Å². The quantitative estimate of drug-likeness (QED) is 0.655.